The first-order valence-corrected chi connectivity index (χ1v) is 14.7. The number of hydrogen-bond acceptors (Lipinski definition) is 4. The summed E-state index contributed by atoms with van der Waals surface area (Å²) in [4.78, 5) is 28.9. The second-order valence-electron chi connectivity index (χ2n) is 9.64. The van der Waals surface area contributed by atoms with E-state index in [1.54, 1.807) is 11.8 Å². The van der Waals surface area contributed by atoms with Crippen molar-refractivity contribution in [2.45, 2.75) is 87.7 Å². The van der Waals surface area contributed by atoms with Gasteiger partial charge in [0.15, 0.2) is 0 Å². The molecule has 2 saturated carbocycles. The molecule has 2 unspecified atom stereocenters. The van der Waals surface area contributed by atoms with Gasteiger partial charge in [-0.3, -0.25) is 9.59 Å². The van der Waals surface area contributed by atoms with Crippen molar-refractivity contribution in [3.63, 3.8) is 0 Å². The number of aryl methyl sites for hydroxylation is 1. The number of nitrogens with zero attached hydrogens (tertiary/aromatic N) is 1. The fraction of sp³-hybridized carbons (Fsp3) is 0.630. The van der Waals surface area contributed by atoms with Crippen LogP contribution in [-0.2, 0) is 9.59 Å². The van der Waals surface area contributed by atoms with E-state index in [2.05, 4.69) is 36.1 Å². The van der Waals surface area contributed by atoms with Crippen molar-refractivity contribution in [3.8, 4) is 0 Å². The third-order valence-corrected chi connectivity index (χ3v) is 10.0. The van der Waals surface area contributed by atoms with Crippen molar-refractivity contribution in [3.05, 3.63) is 40.3 Å². The highest BCUT2D eigenvalue weighted by atomic mass is 32.2. The highest BCUT2D eigenvalue weighted by Crippen LogP contribution is 2.42. The minimum Gasteiger partial charge on any atom is -0.355 e. The first kappa shape index (κ1) is 24.7. The number of carbonyl (C=O) groups excluding carboxylic acids is 2. The molecule has 1 aliphatic heterocycles. The molecule has 4 nitrogen and oxygen atoms in total. The molecule has 1 aromatic carbocycles. The summed E-state index contributed by atoms with van der Waals surface area (Å²) in [6.45, 7) is 2.96. The van der Waals surface area contributed by atoms with Crippen molar-refractivity contribution < 1.29 is 9.59 Å². The van der Waals surface area contributed by atoms with Crippen LogP contribution in [0.2, 0.25) is 0 Å². The summed E-state index contributed by atoms with van der Waals surface area (Å²) < 4.78 is 0. The van der Waals surface area contributed by atoms with Crippen LogP contribution in [0.25, 0.3) is 6.08 Å². The molecular formula is C27H38N2O2S2. The second-order valence-corrected chi connectivity index (χ2v) is 12.3. The van der Waals surface area contributed by atoms with Gasteiger partial charge >= 0.3 is 0 Å². The van der Waals surface area contributed by atoms with Crippen molar-refractivity contribution >= 4 is 41.4 Å². The molecule has 0 radical (unpaired) electrons. The number of fused-ring (bicyclic) bond motifs is 1. The van der Waals surface area contributed by atoms with E-state index in [-0.39, 0.29) is 24.4 Å². The Morgan fingerprint density at radius 3 is 2.70 bits per heavy atom. The van der Waals surface area contributed by atoms with Crippen molar-refractivity contribution in [2.24, 2.45) is 0 Å². The first-order chi connectivity index (χ1) is 16.1. The van der Waals surface area contributed by atoms with Crippen LogP contribution < -0.4 is 5.32 Å². The molecule has 1 saturated heterocycles. The first-order valence-electron chi connectivity index (χ1n) is 12.7. The lowest BCUT2D eigenvalue weighted by Crippen LogP contribution is -2.54. The van der Waals surface area contributed by atoms with E-state index in [9.17, 15) is 9.59 Å². The van der Waals surface area contributed by atoms with Gasteiger partial charge in [-0.25, -0.2) is 0 Å². The van der Waals surface area contributed by atoms with Gasteiger partial charge in [-0.05, 0) is 62.0 Å². The summed E-state index contributed by atoms with van der Waals surface area (Å²) in [5.74, 6) is 1.12. The normalized spacial score (nSPS) is 25.2. The maximum absolute atomic E-state index is 13.4. The van der Waals surface area contributed by atoms with Crippen LogP contribution in [0.15, 0.2) is 29.2 Å². The highest BCUT2D eigenvalue weighted by molar-refractivity contribution is 8.04. The van der Waals surface area contributed by atoms with Crippen LogP contribution in [0.3, 0.4) is 0 Å². The molecule has 2 atom stereocenters. The second kappa shape index (κ2) is 12.3. The molecule has 180 valence electrons. The summed E-state index contributed by atoms with van der Waals surface area (Å²) >= 11 is 3.81. The van der Waals surface area contributed by atoms with Gasteiger partial charge < -0.3 is 10.2 Å². The smallest absolute Gasteiger partial charge is 0.261 e. The number of amides is 2. The van der Waals surface area contributed by atoms with E-state index in [0.29, 0.717) is 11.8 Å². The standard InChI is InChI=1S/C27H38N2O2S2/c1-20-10-5-6-11-21(20)18-25-27(31)29(23-14-7-8-15-24(23)33-25)19-26(30)28-16-9-17-32-22-12-3-2-4-13-22/h5-6,10-11,18,22-24H,2-4,7-9,12-17,19H2,1H3,(H,28,30)/b25-18-. The van der Waals surface area contributed by atoms with E-state index in [1.165, 1.54) is 44.1 Å². The third-order valence-electron chi connectivity index (χ3n) is 7.16. The van der Waals surface area contributed by atoms with Crippen LogP contribution in [0, 0.1) is 6.92 Å². The van der Waals surface area contributed by atoms with E-state index >= 15 is 0 Å². The molecule has 0 spiro atoms. The molecule has 0 aromatic heterocycles. The largest absolute Gasteiger partial charge is 0.355 e. The average molecular weight is 487 g/mol. The number of carbonyl (C=O) groups is 2. The molecule has 33 heavy (non-hydrogen) atoms. The van der Waals surface area contributed by atoms with E-state index in [1.807, 2.05) is 23.1 Å². The Bertz CT molecular complexity index is 850. The van der Waals surface area contributed by atoms with E-state index < -0.39 is 0 Å². The van der Waals surface area contributed by atoms with Gasteiger partial charge in [-0.2, -0.15) is 11.8 Å². The highest BCUT2D eigenvalue weighted by Gasteiger charge is 2.41. The van der Waals surface area contributed by atoms with E-state index in [0.717, 1.165) is 47.2 Å². The molecule has 1 N–H and O–H groups in total. The SMILES string of the molecule is Cc1ccccc1/C=C1\SC2CCCCC2N(CC(=O)NCCCSC2CCCCC2)C1=O. The fourth-order valence-corrected chi connectivity index (χ4v) is 8.02. The summed E-state index contributed by atoms with van der Waals surface area (Å²) in [7, 11) is 0. The zero-order valence-corrected chi connectivity index (χ0v) is 21.5. The Labute approximate surface area is 207 Å². The molecule has 2 amide bonds. The Balaban J connectivity index is 1.32. The summed E-state index contributed by atoms with van der Waals surface area (Å²) in [5, 5.41) is 4.30. The number of nitrogens with one attached hydrogen (secondary N) is 1. The monoisotopic (exact) mass is 486 g/mol. The van der Waals surface area contributed by atoms with Gasteiger partial charge in [0.2, 0.25) is 5.91 Å². The minimum absolute atomic E-state index is 0.0162. The number of benzene rings is 1. The van der Waals surface area contributed by atoms with Crippen LogP contribution in [0.4, 0.5) is 0 Å². The predicted octanol–water partition coefficient (Wildman–Crippen LogP) is 5.79. The van der Waals surface area contributed by atoms with Crippen LogP contribution >= 0.6 is 23.5 Å². The maximum Gasteiger partial charge on any atom is 0.261 e. The zero-order chi connectivity index (χ0) is 23.0. The molecule has 6 heteroatoms. The van der Waals surface area contributed by atoms with Crippen LogP contribution in [0.5, 0.6) is 0 Å². The Kier molecular flexibility index (Phi) is 9.25. The fourth-order valence-electron chi connectivity index (χ4n) is 5.24. The lowest BCUT2D eigenvalue weighted by Gasteiger charge is -2.43. The van der Waals surface area contributed by atoms with Gasteiger partial charge in [-0.15, -0.1) is 11.8 Å². The summed E-state index contributed by atoms with van der Waals surface area (Å²) in [6.07, 6.45) is 14.3. The molecule has 3 fully saturated rings. The Morgan fingerprint density at radius 1 is 1.12 bits per heavy atom. The molecule has 0 bridgehead atoms. The molecular weight excluding hydrogens is 448 g/mol. The predicted molar refractivity (Wildman–Crippen MR) is 141 cm³/mol. The van der Waals surface area contributed by atoms with E-state index in [4.69, 9.17) is 0 Å². The van der Waals surface area contributed by atoms with Crippen molar-refractivity contribution in [2.75, 3.05) is 18.8 Å². The molecule has 1 heterocycles. The summed E-state index contributed by atoms with van der Waals surface area (Å²) in [6, 6.07) is 8.35. The lowest BCUT2D eigenvalue weighted by atomic mass is 9.93. The minimum atomic E-state index is -0.0162. The van der Waals surface area contributed by atoms with Crippen LogP contribution in [-0.4, -0.2) is 52.1 Å². The van der Waals surface area contributed by atoms with Crippen molar-refractivity contribution in [1.82, 2.24) is 10.2 Å². The Morgan fingerprint density at radius 2 is 1.88 bits per heavy atom. The van der Waals surface area contributed by atoms with Gasteiger partial charge in [0.25, 0.3) is 5.91 Å². The summed E-state index contributed by atoms with van der Waals surface area (Å²) in [5.41, 5.74) is 2.25. The number of hydrogen-bond donors (Lipinski definition) is 1. The molecule has 4 rings (SSSR count). The lowest BCUT2D eigenvalue weighted by molar-refractivity contribution is -0.135. The van der Waals surface area contributed by atoms with Gasteiger partial charge in [0, 0.05) is 23.1 Å². The molecule has 2 aliphatic carbocycles. The van der Waals surface area contributed by atoms with Gasteiger partial charge in [0.05, 0.1) is 4.91 Å². The quantitative estimate of drug-likeness (QED) is 0.373. The maximum atomic E-state index is 13.4. The topological polar surface area (TPSA) is 49.4 Å². The number of rotatable bonds is 8. The van der Waals surface area contributed by atoms with Gasteiger partial charge in [-0.1, -0.05) is 56.4 Å². The zero-order valence-electron chi connectivity index (χ0n) is 19.9. The molecule has 3 aliphatic rings. The Hall–Kier alpha value is -1.40. The van der Waals surface area contributed by atoms with Crippen LogP contribution in [0.1, 0.15) is 75.3 Å². The van der Waals surface area contributed by atoms with Gasteiger partial charge in [0.1, 0.15) is 6.54 Å². The number of thioether (sulfide) groups is 2. The van der Waals surface area contributed by atoms with Crippen molar-refractivity contribution in [1.29, 1.82) is 0 Å². The molecule has 1 aromatic rings. The average Bonchev–Trinajstić information content (AvgIpc) is 2.83. The third kappa shape index (κ3) is 6.82.